The third-order valence-corrected chi connectivity index (χ3v) is 5.11. The number of fused-ring (bicyclic) bond motifs is 2. The lowest BCUT2D eigenvalue weighted by atomic mass is 9.98. The maximum Gasteiger partial charge on any atom is 0.296 e. The second-order valence-electron chi connectivity index (χ2n) is 6.09. The van der Waals surface area contributed by atoms with Gasteiger partial charge < -0.3 is 10.2 Å². The van der Waals surface area contributed by atoms with Crippen LogP contribution >= 0.6 is 0 Å². The van der Waals surface area contributed by atoms with Crippen molar-refractivity contribution in [3.8, 4) is 0 Å². The zero-order chi connectivity index (χ0) is 15.0. The second kappa shape index (κ2) is 5.47. The van der Waals surface area contributed by atoms with E-state index in [2.05, 4.69) is 22.0 Å². The van der Waals surface area contributed by atoms with Crippen LogP contribution in [-0.4, -0.2) is 38.5 Å². The lowest BCUT2D eigenvalue weighted by Gasteiger charge is -2.37. The van der Waals surface area contributed by atoms with Gasteiger partial charge in [0.25, 0.3) is 10.2 Å². The average Bonchev–Trinajstić information content (AvgIpc) is 2.60. The molecular formula is C14H22N4O2S. The maximum absolute atomic E-state index is 11.1. The van der Waals surface area contributed by atoms with E-state index in [0.29, 0.717) is 23.8 Å². The Bertz CT molecular complexity index is 605. The highest BCUT2D eigenvalue weighted by atomic mass is 32.2. The number of benzene rings is 1. The molecule has 21 heavy (non-hydrogen) atoms. The van der Waals surface area contributed by atoms with E-state index in [1.165, 1.54) is 12.8 Å². The third kappa shape index (κ3) is 3.48. The molecule has 6 nitrogen and oxygen atoms in total. The summed E-state index contributed by atoms with van der Waals surface area (Å²) in [6.07, 6.45) is 4.85. The molecule has 0 saturated carbocycles. The normalized spacial score (nSPS) is 29.3. The summed E-state index contributed by atoms with van der Waals surface area (Å²) in [7, 11) is -1.51. The van der Waals surface area contributed by atoms with Crippen molar-refractivity contribution in [3.05, 3.63) is 24.3 Å². The number of nitrogens with one attached hydrogen (secondary N) is 2. The highest BCUT2D eigenvalue weighted by Crippen LogP contribution is 2.35. The van der Waals surface area contributed by atoms with Gasteiger partial charge in [-0.05, 0) is 50.9 Å². The summed E-state index contributed by atoms with van der Waals surface area (Å²) in [5, 5.41) is 8.52. The van der Waals surface area contributed by atoms with Crippen LogP contribution in [0.5, 0.6) is 0 Å². The molecule has 0 aliphatic carbocycles. The molecule has 1 aromatic carbocycles. The smallest absolute Gasteiger partial charge is 0.296 e. The molecule has 0 aromatic heterocycles. The van der Waals surface area contributed by atoms with Crippen LogP contribution in [-0.2, 0) is 10.2 Å². The van der Waals surface area contributed by atoms with Crippen LogP contribution in [0.2, 0.25) is 0 Å². The fourth-order valence-electron chi connectivity index (χ4n) is 3.60. The van der Waals surface area contributed by atoms with Gasteiger partial charge in [0.1, 0.15) is 0 Å². The van der Waals surface area contributed by atoms with Gasteiger partial charge in [0, 0.05) is 23.8 Å². The molecule has 0 amide bonds. The SMILES string of the molecule is CN1C2CCC1CC(Nc1cccc(NS(N)(=O)=O)c1)C2. The van der Waals surface area contributed by atoms with Gasteiger partial charge in [-0.2, -0.15) is 8.42 Å². The molecule has 2 unspecified atom stereocenters. The van der Waals surface area contributed by atoms with Gasteiger partial charge >= 0.3 is 0 Å². The van der Waals surface area contributed by atoms with E-state index in [1.54, 1.807) is 12.1 Å². The lowest BCUT2D eigenvalue weighted by Crippen LogP contribution is -2.44. The van der Waals surface area contributed by atoms with Crippen molar-refractivity contribution in [2.75, 3.05) is 17.1 Å². The Morgan fingerprint density at radius 2 is 1.81 bits per heavy atom. The van der Waals surface area contributed by atoms with Gasteiger partial charge in [0.05, 0.1) is 5.69 Å². The van der Waals surface area contributed by atoms with E-state index in [0.717, 1.165) is 18.5 Å². The molecule has 2 atom stereocenters. The Morgan fingerprint density at radius 1 is 1.19 bits per heavy atom. The van der Waals surface area contributed by atoms with Gasteiger partial charge in [-0.25, -0.2) is 5.14 Å². The standard InChI is InChI=1S/C14H22N4O2S/c1-18-13-5-6-14(18)9-12(8-13)16-10-3-2-4-11(7-10)17-21(15,19)20/h2-4,7,12-14,16-17H,5-6,8-9H2,1H3,(H2,15,19,20). The first-order valence-electron chi connectivity index (χ1n) is 7.30. The number of nitrogens with zero attached hydrogens (tertiary/aromatic N) is 1. The van der Waals surface area contributed by atoms with Gasteiger partial charge in [0.2, 0.25) is 0 Å². The predicted octanol–water partition coefficient (Wildman–Crippen LogP) is 1.34. The quantitative estimate of drug-likeness (QED) is 0.783. The summed E-state index contributed by atoms with van der Waals surface area (Å²) < 4.78 is 24.4. The number of hydrogen-bond acceptors (Lipinski definition) is 4. The van der Waals surface area contributed by atoms with Crippen LogP contribution in [0, 0.1) is 0 Å². The zero-order valence-corrected chi connectivity index (χ0v) is 12.9. The van der Waals surface area contributed by atoms with Crippen molar-refractivity contribution in [2.24, 2.45) is 5.14 Å². The lowest BCUT2D eigenvalue weighted by molar-refractivity contribution is 0.169. The van der Waals surface area contributed by atoms with Crippen LogP contribution in [0.4, 0.5) is 11.4 Å². The third-order valence-electron chi connectivity index (χ3n) is 4.59. The number of anilines is 2. The Labute approximate surface area is 125 Å². The fraction of sp³-hybridized carbons (Fsp3) is 0.571. The van der Waals surface area contributed by atoms with Crippen LogP contribution in [0.25, 0.3) is 0 Å². The first kappa shape index (κ1) is 14.6. The van der Waals surface area contributed by atoms with E-state index in [4.69, 9.17) is 5.14 Å². The van der Waals surface area contributed by atoms with Crippen molar-refractivity contribution >= 4 is 21.6 Å². The minimum atomic E-state index is -3.73. The van der Waals surface area contributed by atoms with Gasteiger partial charge in [-0.15, -0.1) is 0 Å². The average molecular weight is 310 g/mol. The summed E-state index contributed by atoms with van der Waals surface area (Å²) in [6.45, 7) is 0. The zero-order valence-electron chi connectivity index (χ0n) is 12.1. The summed E-state index contributed by atoms with van der Waals surface area (Å²) in [6, 6.07) is 9.04. The molecule has 116 valence electrons. The maximum atomic E-state index is 11.1. The summed E-state index contributed by atoms with van der Waals surface area (Å²) >= 11 is 0. The molecule has 4 N–H and O–H groups in total. The largest absolute Gasteiger partial charge is 0.382 e. The van der Waals surface area contributed by atoms with Crippen LogP contribution in [0.3, 0.4) is 0 Å². The number of piperidine rings is 1. The van der Waals surface area contributed by atoms with Crippen LogP contribution < -0.4 is 15.2 Å². The molecule has 2 aliphatic rings. The second-order valence-corrected chi connectivity index (χ2v) is 7.39. The van der Waals surface area contributed by atoms with E-state index in [-0.39, 0.29) is 0 Å². The molecule has 1 aromatic rings. The first-order valence-corrected chi connectivity index (χ1v) is 8.84. The number of hydrogen-bond donors (Lipinski definition) is 3. The van der Waals surface area contributed by atoms with E-state index >= 15 is 0 Å². The molecule has 3 rings (SSSR count). The van der Waals surface area contributed by atoms with Crippen molar-refractivity contribution in [3.63, 3.8) is 0 Å². The molecule has 2 heterocycles. The van der Waals surface area contributed by atoms with Gasteiger partial charge in [0.15, 0.2) is 0 Å². The van der Waals surface area contributed by atoms with Gasteiger partial charge in [-0.3, -0.25) is 4.72 Å². The Hall–Kier alpha value is -1.31. The van der Waals surface area contributed by atoms with E-state index in [9.17, 15) is 8.42 Å². The van der Waals surface area contributed by atoms with Crippen molar-refractivity contribution in [1.29, 1.82) is 0 Å². The van der Waals surface area contributed by atoms with Crippen molar-refractivity contribution in [1.82, 2.24) is 4.90 Å². The highest BCUT2D eigenvalue weighted by Gasteiger charge is 2.38. The summed E-state index contributed by atoms with van der Waals surface area (Å²) in [5.74, 6) is 0. The molecule has 2 saturated heterocycles. The highest BCUT2D eigenvalue weighted by molar-refractivity contribution is 7.90. The number of rotatable bonds is 4. The summed E-state index contributed by atoms with van der Waals surface area (Å²) in [5.41, 5.74) is 1.41. The Balaban J connectivity index is 1.67. The van der Waals surface area contributed by atoms with E-state index in [1.807, 2.05) is 12.1 Å². The Morgan fingerprint density at radius 3 is 2.43 bits per heavy atom. The molecular weight excluding hydrogens is 288 g/mol. The van der Waals surface area contributed by atoms with E-state index < -0.39 is 10.2 Å². The molecule has 7 heteroatoms. The monoisotopic (exact) mass is 310 g/mol. The summed E-state index contributed by atoms with van der Waals surface area (Å²) in [4.78, 5) is 2.50. The molecule has 2 fully saturated rings. The first-order chi connectivity index (χ1) is 9.90. The van der Waals surface area contributed by atoms with Crippen molar-refractivity contribution < 1.29 is 8.42 Å². The van der Waals surface area contributed by atoms with Crippen molar-refractivity contribution in [2.45, 2.75) is 43.8 Å². The van der Waals surface area contributed by atoms with Gasteiger partial charge in [-0.1, -0.05) is 6.07 Å². The minimum Gasteiger partial charge on any atom is -0.382 e. The molecule has 0 radical (unpaired) electrons. The van der Waals surface area contributed by atoms with Crippen LogP contribution in [0.15, 0.2) is 24.3 Å². The number of nitrogens with two attached hydrogens (primary N) is 1. The minimum absolute atomic E-state index is 0.448. The molecule has 2 aliphatic heterocycles. The topological polar surface area (TPSA) is 87.5 Å². The fourth-order valence-corrected chi connectivity index (χ4v) is 4.06. The molecule has 0 spiro atoms. The van der Waals surface area contributed by atoms with Crippen LogP contribution in [0.1, 0.15) is 25.7 Å². The predicted molar refractivity (Wildman–Crippen MR) is 84.4 cm³/mol. The Kier molecular flexibility index (Phi) is 3.81. The molecule has 2 bridgehead atoms.